The van der Waals surface area contributed by atoms with E-state index in [1.165, 1.54) is 35.1 Å². The Bertz CT molecular complexity index is 1150. The summed E-state index contributed by atoms with van der Waals surface area (Å²) in [5, 5.41) is 0. The molecule has 0 unspecified atom stereocenters. The maximum Gasteiger partial charge on any atom is 0.0972 e. The standard InChI is InChI=1S/C34H36N2/c1-35(32-22-23-32)33(28-14-6-2-7-15-28)24-26-36(27-25-33)34(29-16-8-3-9-17-29,30-18-10-4-11-19-30)31-20-12-5-13-21-31/h2-21,32H,22-27H2,1H3. The van der Waals surface area contributed by atoms with Crippen LogP contribution in [0.3, 0.4) is 0 Å². The molecule has 0 spiro atoms. The minimum absolute atomic E-state index is 0.0920. The third-order valence-corrected chi connectivity index (χ3v) is 8.72. The van der Waals surface area contributed by atoms with Crippen LogP contribution in [0.4, 0.5) is 0 Å². The minimum atomic E-state index is -0.329. The molecule has 4 aromatic carbocycles. The number of rotatable bonds is 7. The van der Waals surface area contributed by atoms with Gasteiger partial charge in [-0.15, -0.1) is 0 Å². The van der Waals surface area contributed by atoms with E-state index >= 15 is 0 Å². The Kier molecular flexibility index (Phi) is 6.25. The van der Waals surface area contributed by atoms with Crippen LogP contribution in [0.1, 0.15) is 47.9 Å². The summed E-state index contributed by atoms with van der Waals surface area (Å²) in [6.07, 6.45) is 4.91. The molecule has 1 heterocycles. The van der Waals surface area contributed by atoms with Gasteiger partial charge in [-0.1, -0.05) is 121 Å². The van der Waals surface area contributed by atoms with Gasteiger partial charge in [0.1, 0.15) is 0 Å². The van der Waals surface area contributed by atoms with Crippen LogP contribution < -0.4 is 0 Å². The Balaban J connectivity index is 1.47. The Morgan fingerprint density at radius 2 is 1.00 bits per heavy atom. The summed E-state index contributed by atoms with van der Waals surface area (Å²) in [6.45, 7) is 2.06. The van der Waals surface area contributed by atoms with Gasteiger partial charge in [0.15, 0.2) is 0 Å². The second kappa shape index (κ2) is 9.69. The van der Waals surface area contributed by atoms with Crippen molar-refractivity contribution in [2.24, 2.45) is 0 Å². The molecule has 6 rings (SSSR count). The van der Waals surface area contributed by atoms with Gasteiger partial charge in [-0.3, -0.25) is 9.80 Å². The van der Waals surface area contributed by atoms with E-state index in [2.05, 4.69) is 138 Å². The normalized spacial score (nSPS) is 18.3. The molecule has 1 saturated carbocycles. The number of nitrogens with zero attached hydrogens (tertiary/aromatic N) is 2. The molecule has 0 aromatic heterocycles. The first kappa shape index (κ1) is 23.2. The third kappa shape index (κ3) is 3.89. The SMILES string of the molecule is CN(C1CC1)C1(c2ccccc2)CCN(C(c2ccccc2)(c2ccccc2)c2ccccc2)CC1. The molecule has 0 amide bonds. The van der Waals surface area contributed by atoms with Crippen molar-refractivity contribution in [1.82, 2.24) is 9.80 Å². The van der Waals surface area contributed by atoms with Crippen molar-refractivity contribution in [2.45, 2.75) is 42.8 Å². The van der Waals surface area contributed by atoms with Crippen LogP contribution in [-0.2, 0) is 11.1 Å². The van der Waals surface area contributed by atoms with Crippen molar-refractivity contribution in [3.05, 3.63) is 144 Å². The molecule has 0 radical (unpaired) electrons. The first-order valence-electron chi connectivity index (χ1n) is 13.5. The van der Waals surface area contributed by atoms with Crippen LogP contribution in [0.5, 0.6) is 0 Å². The van der Waals surface area contributed by atoms with Crippen molar-refractivity contribution in [3.63, 3.8) is 0 Å². The zero-order valence-corrected chi connectivity index (χ0v) is 21.3. The highest BCUT2D eigenvalue weighted by molar-refractivity contribution is 5.50. The lowest BCUT2D eigenvalue weighted by Gasteiger charge is -2.54. The molecule has 1 aliphatic heterocycles. The zero-order chi connectivity index (χ0) is 24.4. The molecular formula is C34H36N2. The van der Waals surface area contributed by atoms with Gasteiger partial charge in [0, 0.05) is 24.7 Å². The summed E-state index contributed by atoms with van der Waals surface area (Å²) in [5.74, 6) is 0. The summed E-state index contributed by atoms with van der Waals surface area (Å²) in [4.78, 5) is 5.48. The number of hydrogen-bond donors (Lipinski definition) is 0. The molecule has 2 heteroatoms. The topological polar surface area (TPSA) is 6.48 Å². The minimum Gasteiger partial charge on any atom is -0.294 e. The lowest BCUT2D eigenvalue weighted by atomic mass is 9.72. The maximum absolute atomic E-state index is 2.76. The van der Waals surface area contributed by atoms with Crippen molar-refractivity contribution in [1.29, 1.82) is 0 Å². The molecule has 1 aliphatic carbocycles. The fraction of sp³-hybridized carbons (Fsp3) is 0.294. The highest BCUT2D eigenvalue weighted by atomic mass is 15.3. The molecule has 36 heavy (non-hydrogen) atoms. The van der Waals surface area contributed by atoms with Crippen LogP contribution in [0.15, 0.2) is 121 Å². The Morgan fingerprint density at radius 3 is 1.39 bits per heavy atom. The number of hydrogen-bond acceptors (Lipinski definition) is 2. The van der Waals surface area contributed by atoms with Crippen LogP contribution >= 0.6 is 0 Å². The number of likely N-dealkylation sites (tertiary alicyclic amines) is 1. The summed E-state index contributed by atoms with van der Waals surface area (Å²) >= 11 is 0. The second-order valence-electron chi connectivity index (χ2n) is 10.5. The monoisotopic (exact) mass is 472 g/mol. The Morgan fingerprint density at radius 1 is 0.611 bits per heavy atom. The fourth-order valence-corrected chi connectivity index (χ4v) is 6.70. The van der Waals surface area contributed by atoms with Gasteiger partial charge in [0.25, 0.3) is 0 Å². The van der Waals surface area contributed by atoms with E-state index in [1.807, 2.05) is 0 Å². The third-order valence-electron chi connectivity index (χ3n) is 8.72. The van der Waals surface area contributed by atoms with Crippen molar-refractivity contribution in [2.75, 3.05) is 20.1 Å². The molecule has 1 saturated heterocycles. The van der Waals surface area contributed by atoms with Crippen LogP contribution in [-0.4, -0.2) is 36.0 Å². The second-order valence-corrected chi connectivity index (χ2v) is 10.5. The first-order chi connectivity index (χ1) is 17.7. The summed E-state index contributed by atoms with van der Waals surface area (Å²) < 4.78 is 0. The van der Waals surface area contributed by atoms with Gasteiger partial charge in [-0.2, -0.15) is 0 Å². The van der Waals surface area contributed by atoms with Crippen molar-refractivity contribution >= 4 is 0 Å². The van der Waals surface area contributed by atoms with E-state index in [0.29, 0.717) is 0 Å². The van der Waals surface area contributed by atoms with Crippen molar-refractivity contribution in [3.8, 4) is 0 Å². The van der Waals surface area contributed by atoms with Crippen LogP contribution in [0.2, 0.25) is 0 Å². The molecule has 0 bridgehead atoms. The average molecular weight is 473 g/mol. The largest absolute Gasteiger partial charge is 0.294 e. The number of piperidine rings is 1. The van der Waals surface area contributed by atoms with Crippen LogP contribution in [0, 0.1) is 0 Å². The van der Waals surface area contributed by atoms with Gasteiger partial charge in [-0.25, -0.2) is 0 Å². The average Bonchev–Trinajstić information content (AvgIpc) is 3.82. The Hall–Kier alpha value is -3.20. The van der Waals surface area contributed by atoms with Crippen molar-refractivity contribution < 1.29 is 0 Å². The quantitative estimate of drug-likeness (QED) is 0.266. The molecule has 0 N–H and O–H groups in total. The van der Waals surface area contributed by atoms with Crippen LogP contribution in [0.25, 0.3) is 0 Å². The maximum atomic E-state index is 2.76. The molecular weight excluding hydrogens is 436 g/mol. The summed E-state index contributed by atoms with van der Waals surface area (Å²) in [6, 6.07) is 45.4. The van der Waals surface area contributed by atoms with E-state index in [4.69, 9.17) is 0 Å². The van der Waals surface area contributed by atoms with Gasteiger partial charge < -0.3 is 0 Å². The highest BCUT2D eigenvalue weighted by Gasteiger charge is 2.50. The lowest BCUT2D eigenvalue weighted by molar-refractivity contribution is 0.00407. The molecule has 0 atom stereocenters. The summed E-state index contributed by atoms with van der Waals surface area (Å²) in [7, 11) is 2.37. The lowest BCUT2D eigenvalue weighted by Crippen LogP contribution is -2.58. The van der Waals surface area contributed by atoms with Gasteiger partial charge in [0.2, 0.25) is 0 Å². The van der Waals surface area contributed by atoms with E-state index in [9.17, 15) is 0 Å². The molecule has 2 nitrogen and oxygen atoms in total. The fourth-order valence-electron chi connectivity index (χ4n) is 6.70. The first-order valence-corrected chi connectivity index (χ1v) is 13.5. The molecule has 4 aromatic rings. The Labute approximate surface area is 216 Å². The highest BCUT2D eigenvalue weighted by Crippen LogP contribution is 2.49. The number of benzene rings is 4. The predicted octanol–water partition coefficient (Wildman–Crippen LogP) is 7.06. The van der Waals surface area contributed by atoms with Gasteiger partial charge >= 0.3 is 0 Å². The zero-order valence-electron chi connectivity index (χ0n) is 21.3. The van der Waals surface area contributed by atoms with E-state index in [-0.39, 0.29) is 11.1 Å². The molecule has 182 valence electrons. The van der Waals surface area contributed by atoms with E-state index in [0.717, 1.165) is 32.0 Å². The summed E-state index contributed by atoms with van der Waals surface area (Å²) in [5.41, 5.74) is 5.25. The van der Waals surface area contributed by atoms with Gasteiger partial charge in [0.05, 0.1) is 5.54 Å². The predicted molar refractivity (Wildman–Crippen MR) is 149 cm³/mol. The van der Waals surface area contributed by atoms with E-state index in [1.54, 1.807) is 0 Å². The molecule has 2 fully saturated rings. The van der Waals surface area contributed by atoms with Gasteiger partial charge in [-0.05, 0) is 55.0 Å². The molecule has 2 aliphatic rings. The van der Waals surface area contributed by atoms with E-state index < -0.39 is 0 Å². The smallest absolute Gasteiger partial charge is 0.0972 e.